The molecule has 6 nitrogen and oxygen atoms in total. The van der Waals surface area contributed by atoms with Crippen molar-refractivity contribution >= 4 is 11.8 Å². The number of nitriles is 1. The van der Waals surface area contributed by atoms with Gasteiger partial charge in [0.15, 0.2) is 0 Å². The molecular formula is C24H33N3O3. The fourth-order valence-corrected chi connectivity index (χ4v) is 4.55. The zero-order valence-corrected chi connectivity index (χ0v) is 17.9. The van der Waals surface area contributed by atoms with E-state index in [9.17, 15) is 14.9 Å². The zero-order valence-electron chi connectivity index (χ0n) is 17.9. The molecule has 3 rings (SSSR count). The molecule has 2 aliphatic rings. The van der Waals surface area contributed by atoms with Gasteiger partial charge in [0.25, 0.3) is 0 Å². The van der Waals surface area contributed by atoms with Crippen LogP contribution >= 0.6 is 0 Å². The van der Waals surface area contributed by atoms with E-state index in [2.05, 4.69) is 11.4 Å². The topological polar surface area (TPSA) is 82.4 Å². The summed E-state index contributed by atoms with van der Waals surface area (Å²) in [5.74, 6) is -0.139. The number of hydrogen-bond donors (Lipinski definition) is 1. The van der Waals surface area contributed by atoms with Crippen LogP contribution in [0.25, 0.3) is 0 Å². The van der Waals surface area contributed by atoms with E-state index in [4.69, 9.17) is 4.74 Å². The number of rotatable bonds is 7. The Morgan fingerprint density at radius 1 is 1.20 bits per heavy atom. The number of amides is 2. The first-order valence-electron chi connectivity index (χ1n) is 11.2. The van der Waals surface area contributed by atoms with Crippen LogP contribution < -0.4 is 5.32 Å². The molecule has 1 heterocycles. The Morgan fingerprint density at radius 3 is 2.50 bits per heavy atom. The second kappa shape index (κ2) is 10.6. The molecule has 2 fully saturated rings. The normalized spacial score (nSPS) is 20.6. The Kier molecular flexibility index (Phi) is 7.87. The number of carbonyl (C=O) groups is 2. The van der Waals surface area contributed by atoms with Gasteiger partial charge in [-0.25, -0.2) is 0 Å². The van der Waals surface area contributed by atoms with Crippen molar-refractivity contribution in [3.05, 3.63) is 35.9 Å². The second-order valence-electron chi connectivity index (χ2n) is 8.73. The third-order valence-electron chi connectivity index (χ3n) is 6.45. The van der Waals surface area contributed by atoms with Crippen molar-refractivity contribution in [1.29, 1.82) is 5.26 Å². The van der Waals surface area contributed by atoms with Crippen molar-refractivity contribution in [3.63, 3.8) is 0 Å². The summed E-state index contributed by atoms with van der Waals surface area (Å²) in [6.07, 6.45) is 6.76. The predicted octanol–water partition coefficient (Wildman–Crippen LogP) is 3.38. The molecular weight excluding hydrogens is 378 g/mol. The molecule has 0 bridgehead atoms. The molecule has 2 amide bonds. The van der Waals surface area contributed by atoms with E-state index in [1.54, 1.807) is 11.8 Å². The molecule has 1 saturated heterocycles. The number of nitrogens with one attached hydrogen (secondary N) is 1. The van der Waals surface area contributed by atoms with Gasteiger partial charge in [0.1, 0.15) is 5.54 Å². The highest BCUT2D eigenvalue weighted by atomic mass is 16.5. The molecule has 1 aliphatic carbocycles. The van der Waals surface area contributed by atoms with Crippen LogP contribution in [0, 0.1) is 23.2 Å². The molecule has 0 radical (unpaired) electrons. The van der Waals surface area contributed by atoms with E-state index in [-0.39, 0.29) is 18.2 Å². The molecule has 0 aromatic heterocycles. The minimum Gasteiger partial charge on any atom is -0.378 e. The van der Waals surface area contributed by atoms with Crippen LogP contribution in [-0.4, -0.2) is 43.0 Å². The van der Waals surface area contributed by atoms with Crippen LogP contribution in [-0.2, 0) is 19.9 Å². The summed E-state index contributed by atoms with van der Waals surface area (Å²) >= 11 is 0. The molecule has 1 N–H and O–H groups in total. The van der Waals surface area contributed by atoms with Crippen LogP contribution in [0.2, 0.25) is 0 Å². The summed E-state index contributed by atoms with van der Waals surface area (Å²) in [6, 6.07) is 11.6. The number of morpholine rings is 1. The Morgan fingerprint density at radius 2 is 1.87 bits per heavy atom. The largest absolute Gasteiger partial charge is 0.378 e. The van der Waals surface area contributed by atoms with Crippen LogP contribution in [0.5, 0.6) is 0 Å². The first-order valence-corrected chi connectivity index (χ1v) is 11.2. The van der Waals surface area contributed by atoms with E-state index in [1.807, 2.05) is 30.3 Å². The summed E-state index contributed by atoms with van der Waals surface area (Å²) in [5.41, 5.74) is -0.373. The number of hydrogen-bond acceptors (Lipinski definition) is 4. The Hall–Kier alpha value is -2.39. The van der Waals surface area contributed by atoms with E-state index in [1.165, 1.54) is 19.3 Å². The summed E-state index contributed by atoms with van der Waals surface area (Å²) < 4.78 is 5.34. The van der Waals surface area contributed by atoms with Gasteiger partial charge in [0.2, 0.25) is 11.8 Å². The maximum Gasteiger partial charge on any atom is 0.225 e. The van der Waals surface area contributed by atoms with Crippen molar-refractivity contribution in [2.45, 2.75) is 57.4 Å². The maximum absolute atomic E-state index is 13.3. The van der Waals surface area contributed by atoms with Gasteiger partial charge >= 0.3 is 0 Å². The fourth-order valence-electron chi connectivity index (χ4n) is 4.55. The lowest BCUT2D eigenvalue weighted by atomic mass is 9.81. The lowest BCUT2D eigenvalue weighted by molar-refractivity contribution is -0.140. The summed E-state index contributed by atoms with van der Waals surface area (Å²) in [4.78, 5) is 28.0. The van der Waals surface area contributed by atoms with Gasteiger partial charge in [-0.3, -0.25) is 9.59 Å². The second-order valence-corrected chi connectivity index (χ2v) is 8.73. The molecule has 0 spiro atoms. The number of ether oxygens (including phenoxy) is 1. The van der Waals surface area contributed by atoms with Crippen molar-refractivity contribution in [3.8, 4) is 6.07 Å². The van der Waals surface area contributed by atoms with E-state index in [0.29, 0.717) is 38.6 Å². The van der Waals surface area contributed by atoms with Gasteiger partial charge in [0, 0.05) is 25.4 Å². The van der Waals surface area contributed by atoms with Gasteiger partial charge in [-0.15, -0.1) is 0 Å². The molecule has 1 saturated carbocycles. The highest BCUT2D eigenvalue weighted by Gasteiger charge is 2.34. The van der Waals surface area contributed by atoms with Crippen molar-refractivity contribution in [2.24, 2.45) is 11.8 Å². The predicted molar refractivity (Wildman–Crippen MR) is 114 cm³/mol. The fraction of sp³-hybridized carbons (Fsp3) is 0.625. The molecule has 1 aromatic rings. The monoisotopic (exact) mass is 411 g/mol. The van der Waals surface area contributed by atoms with Crippen molar-refractivity contribution < 1.29 is 14.3 Å². The molecule has 1 aromatic carbocycles. The number of nitrogens with zero attached hydrogens (tertiary/aromatic N) is 2. The van der Waals surface area contributed by atoms with Crippen molar-refractivity contribution in [1.82, 2.24) is 10.2 Å². The first kappa shape index (κ1) is 22.3. The Balaban J connectivity index is 1.72. The lowest BCUT2D eigenvalue weighted by Gasteiger charge is -2.32. The quantitative estimate of drug-likeness (QED) is 0.746. The van der Waals surface area contributed by atoms with Crippen LogP contribution in [0.1, 0.15) is 57.4 Å². The van der Waals surface area contributed by atoms with E-state index < -0.39 is 11.5 Å². The average Bonchev–Trinajstić information content (AvgIpc) is 2.80. The van der Waals surface area contributed by atoms with Gasteiger partial charge in [-0.1, -0.05) is 62.4 Å². The third-order valence-corrected chi connectivity index (χ3v) is 6.45. The number of benzene rings is 1. The Bertz CT molecular complexity index is 749. The Labute approximate surface area is 179 Å². The van der Waals surface area contributed by atoms with Gasteiger partial charge in [-0.05, 0) is 24.8 Å². The molecule has 162 valence electrons. The standard InChI is InChI=1S/C24H33N3O3/c1-24(18-25,21-10-6-3-7-11-21)26-23(29)20(16-19-8-4-2-5-9-19)17-22(28)27-12-14-30-15-13-27/h3,6-7,10-11,19-20H,2,4-5,8-9,12-17H2,1H3,(H,26,29)/t20-,24-/m1/s1. The highest BCUT2D eigenvalue weighted by Crippen LogP contribution is 2.31. The summed E-state index contributed by atoms with van der Waals surface area (Å²) in [6.45, 7) is 3.98. The molecule has 6 heteroatoms. The minimum atomic E-state index is -1.12. The zero-order chi connectivity index (χ0) is 21.4. The van der Waals surface area contributed by atoms with E-state index >= 15 is 0 Å². The van der Waals surface area contributed by atoms with Gasteiger partial charge in [0.05, 0.1) is 19.3 Å². The molecule has 2 atom stereocenters. The average molecular weight is 412 g/mol. The van der Waals surface area contributed by atoms with Crippen LogP contribution in [0.15, 0.2) is 30.3 Å². The van der Waals surface area contributed by atoms with Crippen LogP contribution in [0.4, 0.5) is 0 Å². The van der Waals surface area contributed by atoms with E-state index in [0.717, 1.165) is 18.4 Å². The van der Waals surface area contributed by atoms with Gasteiger partial charge in [-0.2, -0.15) is 5.26 Å². The minimum absolute atomic E-state index is 0.00707. The number of carbonyl (C=O) groups excluding carboxylic acids is 2. The van der Waals surface area contributed by atoms with Crippen LogP contribution in [0.3, 0.4) is 0 Å². The SMILES string of the molecule is C[C@](C#N)(NC(=O)[C@@H](CC(=O)N1CCOCC1)CC1CCCCC1)c1ccccc1. The maximum atomic E-state index is 13.3. The summed E-state index contributed by atoms with van der Waals surface area (Å²) in [7, 11) is 0. The van der Waals surface area contributed by atoms with Crippen molar-refractivity contribution in [2.75, 3.05) is 26.3 Å². The highest BCUT2D eigenvalue weighted by molar-refractivity contribution is 5.86. The first-order chi connectivity index (χ1) is 14.5. The molecule has 0 unspecified atom stereocenters. The summed E-state index contributed by atoms with van der Waals surface area (Å²) in [5, 5.41) is 12.8. The molecule has 30 heavy (non-hydrogen) atoms. The third kappa shape index (κ3) is 5.82. The van der Waals surface area contributed by atoms with Gasteiger partial charge < -0.3 is 15.0 Å². The molecule has 1 aliphatic heterocycles. The lowest BCUT2D eigenvalue weighted by Crippen LogP contribution is -2.47. The smallest absolute Gasteiger partial charge is 0.225 e.